The van der Waals surface area contributed by atoms with E-state index < -0.39 is 0 Å². The lowest BCUT2D eigenvalue weighted by atomic mass is 10.1. The zero-order valence-corrected chi connectivity index (χ0v) is 8.35. The summed E-state index contributed by atoms with van der Waals surface area (Å²) in [6.45, 7) is 6.29. The monoisotopic (exact) mass is 174 g/mol. The Morgan fingerprint density at radius 2 is 2.00 bits per heavy atom. The molecule has 1 heteroatoms. The van der Waals surface area contributed by atoms with E-state index in [0.29, 0.717) is 0 Å². The molecule has 0 aliphatic rings. The molecular weight excluding hydrogens is 160 g/mol. The SMILES string of the molecule is CCc1c(C)oc2cc(C)ccc12. The van der Waals surface area contributed by atoms with Crippen LogP contribution in [0.1, 0.15) is 23.8 Å². The molecule has 1 aromatic carbocycles. The Hall–Kier alpha value is -1.24. The smallest absolute Gasteiger partial charge is 0.134 e. The lowest BCUT2D eigenvalue weighted by Crippen LogP contribution is -1.79. The molecule has 0 N–H and O–H groups in total. The van der Waals surface area contributed by atoms with E-state index in [9.17, 15) is 0 Å². The average Bonchev–Trinajstić information content (AvgIpc) is 2.39. The van der Waals surface area contributed by atoms with Gasteiger partial charge in [0.2, 0.25) is 0 Å². The minimum Gasteiger partial charge on any atom is -0.461 e. The first kappa shape index (κ1) is 8.36. The molecule has 2 rings (SSSR count). The van der Waals surface area contributed by atoms with E-state index in [4.69, 9.17) is 4.42 Å². The molecular formula is C12H14O. The van der Waals surface area contributed by atoms with Crippen LogP contribution < -0.4 is 0 Å². The first-order valence-electron chi connectivity index (χ1n) is 4.71. The predicted molar refractivity (Wildman–Crippen MR) is 55.1 cm³/mol. The Balaban J connectivity index is 2.79. The second-order valence-corrected chi connectivity index (χ2v) is 3.49. The largest absolute Gasteiger partial charge is 0.461 e. The number of fused-ring (bicyclic) bond motifs is 1. The van der Waals surface area contributed by atoms with E-state index >= 15 is 0 Å². The third kappa shape index (κ3) is 1.24. The fourth-order valence-electron chi connectivity index (χ4n) is 1.82. The van der Waals surface area contributed by atoms with Crippen LogP contribution in [-0.4, -0.2) is 0 Å². The van der Waals surface area contributed by atoms with Crippen LogP contribution in [0.3, 0.4) is 0 Å². The van der Waals surface area contributed by atoms with E-state index in [1.807, 2.05) is 6.92 Å². The van der Waals surface area contributed by atoms with Gasteiger partial charge in [-0.05, 0) is 31.9 Å². The highest BCUT2D eigenvalue weighted by Gasteiger charge is 2.07. The summed E-state index contributed by atoms with van der Waals surface area (Å²) in [7, 11) is 0. The molecule has 0 amide bonds. The van der Waals surface area contributed by atoms with Gasteiger partial charge in [0.05, 0.1) is 0 Å². The molecule has 0 radical (unpaired) electrons. The van der Waals surface area contributed by atoms with Crippen molar-refractivity contribution in [3.63, 3.8) is 0 Å². The second-order valence-electron chi connectivity index (χ2n) is 3.49. The summed E-state index contributed by atoms with van der Waals surface area (Å²) in [6, 6.07) is 6.39. The first-order valence-corrected chi connectivity index (χ1v) is 4.71. The van der Waals surface area contributed by atoms with Crippen molar-refractivity contribution in [2.75, 3.05) is 0 Å². The molecule has 2 aromatic rings. The Morgan fingerprint density at radius 1 is 1.23 bits per heavy atom. The topological polar surface area (TPSA) is 13.1 Å². The minimum absolute atomic E-state index is 1.02. The van der Waals surface area contributed by atoms with E-state index in [1.165, 1.54) is 16.5 Å². The second kappa shape index (κ2) is 2.91. The summed E-state index contributed by atoms with van der Waals surface area (Å²) >= 11 is 0. The van der Waals surface area contributed by atoms with Gasteiger partial charge in [-0.3, -0.25) is 0 Å². The van der Waals surface area contributed by atoms with Gasteiger partial charge in [0.25, 0.3) is 0 Å². The molecule has 0 fully saturated rings. The van der Waals surface area contributed by atoms with Gasteiger partial charge in [-0.2, -0.15) is 0 Å². The molecule has 13 heavy (non-hydrogen) atoms. The van der Waals surface area contributed by atoms with Crippen molar-refractivity contribution in [3.05, 3.63) is 35.1 Å². The normalized spacial score (nSPS) is 11.0. The lowest BCUT2D eigenvalue weighted by Gasteiger charge is -1.93. The zero-order chi connectivity index (χ0) is 9.42. The van der Waals surface area contributed by atoms with Crippen LogP contribution in [0, 0.1) is 13.8 Å². The van der Waals surface area contributed by atoms with Crippen molar-refractivity contribution in [1.82, 2.24) is 0 Å². The summed E-state index contributed by atoms with van der Waals surface area (Å²) < 4.78 is 5.67. The quantitative estimate of drug-likeness (QED) is 0.643. The van der Waals surface area contributed by atoms with Gasteiger partial charge in [0.1, 0.15) is 11.3 Å². The number of benzene rings is 1. The van der Waals surface area contributed by atoms with Crippen LogP contribution in [0.5, 0.6) is 0 Å². The van der Waals surface area contributed by atoms with Crippen molar-refractivity contribution in [1.29, 1.82) is 0 Å². The van der Waals surface area contributed by atoms with Crippen molar-refractivity contribution in [2.45, 2.75) is 27.2 Å². The first-order chi connectivity index (χ1) is 6.22. The summed E-state index contributed by atoms with van der Waals surface area (Å²) in [5.41, 5.74) is 3.62. The van der Waals surface area contributed by atoms with Gasteiger partial charge < -0.3 is 4.42 Å². The maximum Gasteiger partial charge on any atom is 0.134 e. The molecule has 0 saturated heterocycles. The van der Waals surface area contributed by atoms with Gasteiger partial charge in [0, 0.05) is 10.9 Å². The molecule has 1 aromatic heterocycles. The molecule has 0 aliphatic heterocycles. The maximum atomic E-state index is 5.67. The van der Waals surface area contributed by atoms with Crippen LogP contribution in [0.25, 0.3) is 11.0 Å². The number of hydrogen-bond donors (Lipinski definition) is 0. The van der Waals surface area contributed by atoms with Crippen molar-refractivity contribution in [3.8, 4) is 0 Å². The van der Waals surface area contributed by atoms with E-state index in [-0.39, 0.29) is 0 Å². The van der Waals surface area contributed by atoms with Crippen molar-refractivity contribution < 1.29 is 4.42 Å². The number of hydrogen-bond acceptors (Lipinski definition) is 1. The van der Waals surface area contributed by atoms with Crippen LogP contribution >= 0.6 is 0 Å². The van der Waals surface area contributed by atoms with Gasteiger partial charge in [0.15, 0.2) is 0 Å². The number of aryl methyl sites for hydroxylation is 3. The maximum absolute atomic E-state index is 5.67. The van der Waals surface area contributed by atoms with E-state index in [1.54, 1.807) is 0 Å². The molecule has 0 saturated carbocycles. The zero-order valence-electron chi connectivity index (χ0n) is 8.35. The van der Waals surface area contributed by atoms with Crippen molar-refractivity contribution >= 4 is 11.0 Å². The van der Waals surface area contributed by atoms with Gasteiger partial charge in [-0.25, -0.2) is 0 Å². The minimum atomic E-state index is 1.02. The Labute approximate surface area is 78.4 Å². The van der Waals surface area contributed by atoms with E-state index in [2.05, 4.69) is 32.0 Å². The Morgan fingerprint density at radius 3 is 2.69 bits per heavy atom. The highest BCUT2D eigenvalue weighted by Crippen LogP contribution is 2.26. The van der Waals surface area contributed by atoms with Gasteiger partial charge in [-0.1, -0.05) is 19.1 Å². The summed E-state index contributed by atoms with van der Waals surface area (Å²) in [6.07, 6.45) is 1.04. The van der Waals surface area contributed by atoms with Crippen LogP contribution in [0.15, 0.2) is 22.6 Å². The molecule has 0 aliphatic carbocycles. The highest BCUT2D eigenvalue weighted by molar-refractivity contribution is 5.82. The third-order valence-electron chi connectivity index (χ3n) is 2.50. The van der Waals surface area contributed by atoms with Crippen LogP contribution in [0.4, 0.5) is 0 Å². The van der Waals surface area contributed by atoms with Crippen molar-refractivity contribution in [2.24, 2.45) is 0 Å². The molecule has 0 atom stereocenters. The molecule has 0 unspecified atom stereocenters. The Bertz CT molecular complexity index is 438. The van der Waals surface area contributed by atoms with Gasteiger partial charge >= 0.3 is 0 Å². The fourth-order valence-corrected chi connectivity index (χ4v) is 1.82. The average molecular weight is 174 g/mol. The molecule has 0 bridgehead atoms. The van der Waals surface area contributed by atoms with Crippen LogP contribution in [0.2, 0.25) is 0 Å². The fraction of sp³-hybridized carbons (Fsp3) is 0.333. The van der Waals surface area contributed by atoms with E-state index in [0.717, 1.165) is 17.8 Å². The Kier molecular flexibility index (Phi) is 1.87. The highest BCUT2D eigenvalue weighted by atomic mass is 16.3. The molecule has 0 spiro atoms. The van der Waals surface area contributed by atoms with Crippen LogP contribution in [-0.2, 0) is 6.42 Å². The number of rotatable bonds is 1. The molecule has 1 heterocycles. The predicted octanol–water partition coefficient (Wildman–Crippen LogP) is 3.61. The summed E-state index contributed by atoms with van der Waals surface area (Å²) in [5, 5.41) is 1.27. The summed E-state index contributed by atoms with van der Waals surface area (Å²) in [4.78, 5) is 0. The third-order valence-corrected chi connectivity index (χ3v) is 2.50. The lowest BCUT2D eigenvalue weighted by molar-refractivity contribution is 0.572. The standard InChI is InChI=1S/C12H14O/c1-4-10-9(3)13-12-7-8(2)5-6-11(10)12/h5-7H,4H2,1-3H3. The summed E-state index contributed by atoms with van der Waals surface area (Å²) in [5.74, 6) is 1.06. The molecule has 1 nitrogen and oxygen atoms in total. The van der Waals surface area contributed by atoms with Gasteiger partial charge in [-0.15, -0.1) is 0 Å². The molecule has 68 valence electrons. The number of furan rings is 1.